The van der Waals surface area contributed by atoms with Crippen LogP contribution in [0.2, 0.25) is 5.02 Å². The highest BCUT2D eigenvalue weighted by molar-refractivity contribution is 7.92. The number of nitrogens with one attached hydrogen (secondary N) is 1. The van der Waals surface area contributed by atoms with Crippen molar-refractivity contribution >= 4 is 39.1 Å². The Morgan fingerprint density at radius 3 is 2.19 bits per heavy atom. The summed E-state index contributed by atoms with van der Waals surface area (Å²) in [7, 11) is -4.26. The fourth-order valence-corrected chi connectivity index (χ4v) is 7.77. The van der Waals surface area contributed by atoms with Crippen molar-refractivity contribution in [1.82, 2.24) is 10.2 Å². The first kappa shape index (κ1) is 34.1. The molecule has 47 heavy (non-hydrogen) atoms. The van der Waals surface area contributed by atoms with Crippen LogP contribution in [0.4, 0.5) is 10.1 Å². The number of amides is 2. The van der Waals surface area contributed by atoms with E-state index in [1.165, 1.54) is 23.1 Å². The van der Waals surface area contributed by atoms with Gasteiger partial charge in [-0.2, -0.15) is 0 Å². The van der Waals surface area contributed by atoms with Crippen molar-refractivity contribution in [1.29, 1.82) is 0 Å². The van der Waals surface area contributed by atoms with Crippen LogP contribution in [-0.4, -0.2) is 43.8 Å². The van der Waals surface area contributed by atoms with E-state index in [0.717, 1.165) is 42.0 Å². The molecule has 0 spiro atoms. The smallest absolute Gasteiger partial charge is 0.264 e. The van der Waals surface area contributed by atoms with Gasteiger partial charge < -0.3 is 10.2 Å². The Labute approximate surface area is 281 Å². The third-order valence-electron chi connectivity index (χ3n) is 8.56. The number of anilines is 1. The number of carbonyl (C=O) groups excluding carboxylic acids is 2. The predicted molar refractivity (Wildman–Crippen MR) is 183 cm³/mol. The largest absolute Gasteiger partial charge is 0.352 e. The molecular formula is C37H39ClFN3O4S. The summed E-state index contributed by atoms with van der Waals surface area (Å²) in [6, 6.07) is 26.9. The number of halogens is 2. The number of aryl methyl sites for hydroxylation is 1. The highest BCUT2D eigenvalue weighted by Crippen LogP contribution is 2.30. The predicted octanol–water partition coefficient (Wildman–Crippen LogP) is 7.07. The summed E-state index contributed by atoms with van der Waals surface area (Å²) in [5, 5.41) is 3.57. The van der Waals surface area contributed by atoms with E-state index in [1.54, 1.807) is 61.5 Å². The maximum absolute atomic E-state index is 15.1. The lowest BCUT2D eigenvalue weighted by Gasteiger charge is -2.35. The summed E-state index contributed by atoms with van der Waals surface area (Å²) in [6.07, 6.45) is 4.93. The first-order valence-corrected chi connectivity index (χ1v) is 17.7. The third-order valence-corrected chi connectivity index (χ3v) is 10.6. The lowest BCUT2D eigenvalue weighted by atomic mass is 9.94. The maximum atomic E-state index is 15.1. The zero-order chi connectivity index (χ0) is 33.4. The quantitative estimate of drug-likeness (QED) is 0.174. The van der Waals surface area contributed by atoms with Crippen LogP contribution in [0.1, 0.15) is 48.8 Å². The fraction of sp³-hybridized carbons (Fsp3) is 0.297. The molecule has 7 nitrogen and oxygen atoms in total. The Morgan fingerprint density at radius 2 is 1.53 bits per heavy atom. The van der Waals surface area contributed by atoms with Crippen LogP contribution >= 0.6 is 11.6 Å². The van der Waals surface area contributed by atoms with Gasteiger partial charge in [-0.15, -0.1) is 0 Å². The van der Waals surface area contributed by atoms with E-state index in [1.807, 2.05) is 30.3 Å². The first-order chi connectivity index (χ1) is 22.6. The third kappa shape index (κ3) is 8.58. The van der Waals surface area contributed by atoms with Crippen molar-refractivity contribution in [2.45, 2.75) is 69.0 Å². The molecule has 1 atom stereocenters. The summed E-state index contributed by atoms with van der Waals surface area (Å²) in [6.45, 7) is 0.849. The van der Waals surface area contributed by atoms with E-state index in [-0.39, 0.29) is 41.1 Å². The average Bonchev–Trinajstić information content (AvgIpc) is 3.07. The minimum Gasteiger partial charge on any atom is -0.352 e. The zero-order valence-corrected chi connectivity index (χ0v) is 27.9. The molecule has 2 amide bonds. The molecule has 1 unspecified atom stereocenters. The molecule has 1 aliphatic rings. The van der Waals surface area contributed by atoms with Crippen LogP contribution in [0.25, 0.3) is 0 Å². The van der Waals surface area contributed by atoms with Crippen LogP contribution in [0.5, 0.6) is 0 Å². The number of rotatable bonds is 12. The fourth-order valence-electron chi connectivity index (χ4n) is 6.04. The van der Waals surface area contributed by atoms with Gasteiger partial charge in [-0.25, -0.2) is 12.8 Å². The molecule has 4 aromatic carbocycles. The summed E-state index contributed by atoms with van der Waals surface area (Å²) in [5.74, 6) is -1.54. The number of nitrogens with zero attached hydrogens (tertiary/aromatic N) is 2. The highest BCUT2D eigenvalue weighted by atomic mass is 35.5. The first-order valence-electron chi connectivity index (χ1n) is 15.8. The SMILES string of the molecule is Cc1cc(Cl)ccc1N(CC(=O)N(Cc1ccccc1F)C(Cc1ccccc1)C(=O)NC1CCCCC1)S(=O)(=O)c1ccccc1. The van der Waals surface area contributed by atoms with E-state index < -0.39 is 34.3 Å². The van der Waals surface area contributed by atoms with Crippen LogP contribution < -0.4 is 9.62 Å². The normalized spacial score (nSPS) is 14.3. The van der Waals surface area contributed by atoms with Gasteiger partial charge in [0.1, 0.15) is 18.4 Å². The molecule has 1 N–H and O–H groups in total. The minimum absolute atomic E-state index is 0.00122. The maximum Gasteiger partial charge on any atom is 0.264 e. The van der Waals surface area contributed by atoms with Gasteiger partial charge in [-0.05, 0) is 67.3 Å². The van der Waals surface area contributed by atoms with Gasteiger partial charge >= 0.3 is 0 Å². The van der Waals surface area contributed by atoms with Crippen molar-refractivity contribution in [3.8, 4) is 0 Å². The number of benzene rings is 4. The Balaban J connectivity index is 1.58. The molecule has 1 fully saturated rings. The number of carbonyl (C=O) groups is 2. The van der Waals surface area contributed by atoms with Crippen LogP contribution in [-0.2, 0) is 32.6 Å². The molecule has 0 heterocycles. The van der Waals surface area contributed by atoms with Crippen molar-refractivity contribution in [2.24, 2.45) is 0 Å². The average molecular weight is 676 g/mol. The standard InChI is InChI=1S/C37H39ClFN3O4S/c1-27-23-30(38)21-22-34(27)42(47(45,46)32-18-9-4-10-19-32)26-36(43)41(25-29-15-11-12-20-33(29)39)35(24-28-13-5-2-6-14-28)37(44)40-31-16-7-3-8-17-31/h2,4-6,9-15,18-23,31,35H,3,7-8,16-17,24-26H2,1H3,(H,40,44). The Kier molecular flexibility index (Phi) is 11.3. The van der Waals surface area contributed by atoms with Gasteiger partial charge in [0.15, 0.2) is 0 Å². The second-order valence-electron chi connectivity index (χ2n) is 11.9. The Morgan fingerprint density at radius 1 is 0.894 bits per heavy atom. The lowest BCUT2D eigenvalue weighted by Crippen LogP contribution is -2.55. The Bertz CT molecular complexity index is 1780. The summed E-state index contributed by atoms with van der Waals surface area (Å²) in [4.78, 5) is 30.1. The number of hydrogen-bond acceptors (Lipinski definition) is 4. The van der Waals surface area contributed by atoms with Gasteiger partial charge in [-0.1, -0.05) is 97.6 Å². The molecule has 10 heteroatoms. The molecule has 0 saturated heterocycles. The summed E-state index contributed by atoms with van der Waals surface area (Å²) >= 11 is 6.22. The van der Waals surface area contributed by atoms with E-state index in [4.69, 9.17) is 11.6 Å². The topological polar surface area (TPSA) is 86.8 Å². The molecule has 0 radical (unpaired) electrons. The molecule has 0 aromatic heterocycles. The highest BCUT2D eigenvalue weighted by Gasteiger charge is 2.36. The summed E-state index contributed by atoms with van der Waals surface area (Å²) in [5.41, 5.74) is 1.83. The molecular weight excluding hydrogens is 637 g/mol. The van der Waals surface area contributed by atoms with E-state index >= 15 is 4.39 Å². The van der Waals surface area contributed by atoms with Gasteiger partial charge in [-0.3, -0.25) is 13.9 Å². The van der Waals surface area contributed by atoms with Crippen molar-refractivity contribution in [3.63, 3.8) is 0 Å². The molecule has 246 valence electrons. The molecule has 0 aliphatic heterocycles. The molecule has 4 aromatic rings. The minimum atomic E-state index is -4.26. The van der Waals surface area contributed by atoms with Crippen LogP contribution in [0, 0.1) is 12.7 Å². The number of sulfonamides is 1. The summed E-state index contributed by atoms with van der Waals surface area (Å²) < 4.78 is 44.6. The molecule has 0 bridgehead atoms. The van der Waals surface area contributed by atoms with Crippen molar-refractivity contribution in [3.05, 3.63) is 131 Å². The van der Waals surface area contributed by atoms with Crippen molar-refractivity contribution < 1.29 is 22.4 Å². The van der Waals surface area contributed by atoms with E-state index in [2.05, 4.69) is 5.32 Å². The Hall–Kier alpha value is -4.21. The van der Waals surface area contributed by atoms with Gasteiger partial charge in [0, 0.05) is 29.6 Å². The van der Waals surface area contributed by atoms with E-state index in [9.17, 15) is 18.0 Å². The van der Waals surface area contributed by atoms with Crippen molar-refractivity contribution in [2.75, 3.05) is 10.8 Å². The van der Waals surface area contributed by atoms with Gasteiger partial charge in [0.05, 0.1) is 10.6 Å². The second-order valence-corrected chi connectivity index (χ2v) is 14.2. The van der Waals surface area contributed by atoms with Crippen LogP contribution in [0.3, 0.4) is 0 Å². The van der Waals surface area contributed by atoms with Gasteiger partial charge in [0.25, 0.3) is 10.0 Å². The molecule has 1 aliphatic carbocycles. The second kappa shape index (κ2) is 15.6. The van der Waals surface area contributed by atoms with Crippen LogP contribution in [0.15, 0.2) is 108 Å². The van der Waals surface area contributed by atoms with E-state index in [0.29, 0.717) is 10.6 Å². The molecule has 5 rings (SSSR count). The lowest BCUT2D eigenvalue weighted by molar-refractivity contribution is -0.140. The molecule has 1 saturated carbocycles. The monoisotopic (exact) mass is 675 g/mol. The number of hydrogen-bond donors (Lipinski definition) is 1. The van der Waals surface area contributed by atoms with Gasteiger partial charge in [0.2, 0.25) is 11.8 Å². The zero-order valence-electron chi connectivity index (χ0n) is 26.3.